The Morgan fingerprint density at radius 1 is 1.40 bits per heavy atom. The van der Waals surface area contributed by atoms with Gasteiger partial charge in [-0.25, -0.2) is 0 Å². The SMILES string of the molecule is CN1CCOCC1.CNCCS(=O)(=O)O. The van der Waals surface area contributed by atoms with Crippen LogP contribution in [0.4, 0.5) is 0 Å². The molecule has 0 unspecified atom stereocenters. The van der Waals surface area contributed by atoms with Crippen LogP contribution < -0.4 is 5.32 Å². The van der Waals surface area contributed by atoms with Crippen molar-refractivity contribution in [3.63, 3.8) is 0 Å². The normalized spacial score (nSPS) is 18.1. The molecule has 1 saturated heterocycles. The number of hydrogen-bond donors (Lipinski definition) is 2. The van der Waals surface area contributed by atoms with Crippen molar-refractivity contribution in [2.45, 2.75) is 0 Å². The van der Waals surface area contributed by atoms with E-state index in [-0.39, 0.29) is 5.75 Å². The Balaban J connectivity index is 0.000000262. The molecule has 1 heterocycles. The molecule has 0 bridgehead atoms. The number of rotatable bonds is 3. The minimum Gasteiger partial charge on any atom is -0.379 e. The highest BCUT2D eigenvalue weighted by atomic mass is 32.2. The zero-order valence-corrected chi connectivity index (χ0v) is 10.1. The minimum absolute atomic E-state index is 0.219. The van der Waals surface area contributed by atoms with Crippen molar-refractivity contribution in [3.05, 3.63) is 0 Å². The molecular formula is C8H20N2O4S. The molecule has 6 nitrogen and oxygen atoms in total. The first-order chi connectivity index (χ1) is 6.95. The molecule has 0 amide bonds. The summed E-state index contributed by atoms with van der Waals surface area (Å²) in [7, 11) is -0.0189. The lowest BCUT2D eigenvalue weighted by Crippen LogP contribution is -2.32. The Kier molecular flexibility index (Phi) is 7.89. The second-order valence-corrected chi connectivity index (χ2v) is 4.88. The van der Waals surface area contributed by atoms with Gasteiger partial charge in [0.05, 0.1) is 19.0 Å². The van der Waals surface area contributed by atoms with Gasteiger partial charge in [-0.15, -0.1) is 0 Å². The van der Waals surface area contributed by atoms with Crippen LogP contribution in [0.3, 0.4) is 0 Å². The van der Waals surface area contributed by atoms with Crippen molar-refractivity contribution in [2.75, 3.05) is 52.7 Å². The van der Waals surface area contributed by atoms with Crippen molar-refractivity contribution in [2.24, 2.45) is 0 Å². The predicted molar refractivity (Wildman–Crippen MR) is 58.7 cm³/mol. The third kappa shape index (κ3) is 11.7. The number of nitrogens with zero attached hydrogens (tertiary/aromatic N) is 1. The Morgan fingerprint density at radius 3 is 2.13 bits per heavy atom. The number of hydrogen-bond acceptors (Lipinski definition) is 5. The van der Waals surface area contributed by atoms with Crippen LogP contribution >= 0.6 is 0 Å². The average Bonchev–Trinajstić information content (AvgIpc) is 2.16. The van der Waals surface area contributed by atoms with E-state index in [2.05, 4.69) is 17.3 Å². The summed E-state index contributed by atoms with van der Waals surface area (Å²) in [4.78, 5) is 2.27. The largest absolute Gasteiger partial charge is 0.379 e. The molecule has 0 atom stereocenters. The van der Waals surface area contributed by atoms with Gasteiger partial charge in [0.15, 0.2) is 0 Å². The van der Waals surface area contributed by atoms with E-state index in [0.29, 0.717) is 6.54 Å². The van der Waals surface area contributed by atoms with E-state index in [4.69, 9.17) is 9.29 Å². The molecule has 1 aliphatic heterocycles. The highest BCUT2D eigenvalue weighted by Crippen LogP contribution is 1.89. The molecule has 0 spiro atoms. The lowest BCUT2D eigenvalue weighted by molar-refractivity contribution is 0.0503. The summed E-state index contributed by atoms with van der Waals surface area (Å²) in [5.41, 5.74) is 0. The molecule has 0 radical (unpaired) electrons. The fourth-order valence-corrected chi connectivity index (χ4v) is 1.35. The van der Waals surface area contributed by atoms with Gasteiger partial charge in [0.2, 0.25) is 0 Å². The maximum atomic E-state index is 9.91. The zero-order chi connectivity index (χ0) is 11.7. The molecule has 15 heavy (non-hydrogen) atoms. The summed E-state index contributed by atoms with van der Waals surface area (Å²) in [6, 6.07) is 0. The van der Waals surface area contributed by atoms with E-state index in [1.165, 1.54) is 0 Å². The minimum atomic E-state index is -3.75. The van der Waals surface area contributed by atoms with Crippen molar-refractivity contribution < 1.29 is 17.7 Å². The van der Waals surface area contributed by atoms with E-state index in [1.807, 2.05) is 0 Å². The highest BCUT2D eigenvalue weighted by molar-refractivity contribution is 7.85. The van der Waals surface area contributed by atoms with E-state index >= 15 is 0 Å². The molecule has 1 fully saturated rings. The van der Waals surface area contributed by atoms with Crippen molar-refractivity contribution in [1.82, 2.24) is 10.2 Å². The van der Waals surface area contributed by atoms with Crippen molar-refractivity contribution >= 4 is 10.1 Å². The summed E-state index contributed by atoms with van der Waals surface area (Å²) in [6.07, 6.45) is 0. The van der Waals surface area contributed by atoms with Crippen LogP contribution in [0, 0.1) is 0 Å². The molecule has 0 aromatic rings. The lowest BCUT2D eigenvalue weighted by atomic mass is 10.5. The van der Waals surface area contributed by atoms with Gasteiger partial charge in [-0.2, -0.15) is 8.42 Å². The number of likely N-dealkylation sites (N-methyl/N-ethyl adjacent to an activating group) is 1. The Hall–Kier alpha value is -0.210. The molecule has 1 rings (SSSR count). The molecule has 0 aromatic carbocycles. The smallest absolute Gasteiger partial charge is 0.266 e. The van der Waals surface area contributed by atoms with Gasteiger partial charge in [-0.05, 0) is 14.1 Å². The van der Waals surface area contributed by atoms with Crippen LogP contribution in [0.25, 0.3) is 0 Å². The fourth-order valence-electron chi connectivity index (χ4n) is 0.886. The summed E-state index contributed by atoms with van der Waals surface area (Å²) >= 11 is 0. The second-order valence-electron chi connectivity index (χ2n) is 3.31. The molecule has 0 saturated carbocycles. The standard InChI is InChI=1S/C5H11NO.C3H9NO3S/c1-6-2-4-7-5-3-6;1-4-2-3-8(5,6)7/h2-5H2,1H3;4H,2-3H2,1H3,(H,5,6,7). The topological polar surface area (TPSA) is 78.9 Å². The lowest BCUT2D eigenvalue weighted by Gasteiger charge is -2.21. The van der Waals surface area contributed by atoms with E-state index < -0.39 is 10.1 Å². The van der Waals surface area contributed by atoms with E-state index in [0.717, 1.165) is 26.3 Å². The number of morpholine rings is 1. The third-order valence-corrected chi connectivity index (χ3v) is 2.56. The molecular weight excluding hydrogens is 220 g/mol. The first kappa shape index (κ1) is 14.8. The highest BCUT2D eigenvalue weighted by Gasteiger charge is 2.02. The average molecular weight is 240 g/mol. The van der Waals surface area contributed by atoms with Gasteiger partial charge < -0.3 is 15.0 Å². The number of nitrogens with one attached hydrogen (secondary N) is 1. The first-order valence-electron chi connectivity index (χ1n) is 4.82. The molecule has 0 aromatic heterocycles. The number of ether oxygens (including phenoxy) is 1. The summed E-state index contributed by atoms with van der Waals surface area (Å²) in [5.74, 6) is -0.219. The van der Waals surface area contributed by atoms with Gasteiger partial charge >= 0.3 is 0 Å². The predicted octanol–water partition coefficient (Wildman–Crippen LogP) is -0.958. The van der Waals surface area contributed by atoms with Gasteiger partial charge in [-0.1, -0.05) is 0 Å². The van der Waals surface area contributed by atoms with Crippen LogP contribution in [-0.4, -0.2) is 70.6 Å². The third-order valence-electron chi connectivity index (χ3n) is 1.84. The van der Waals surface area contributed by atoms with Gasteiger partial charge in [0.1, 0.15) is 0 Å². The maximum absolute atomic E-state index is 9.91. The quantitative estimate of drug-likeness (QED) is 0.619. The molecule has 7 heteroatoms. The summed E-state index contributed by atoms with van der Waals surface area (Å²) in [5, 5.41) is 2.59. The van der Waals surface area contributed by atoms with Crippen LogP contribution in [-0.2, 0) is 14.9 Å². The van der Waals surface area contributed by atoms with Crippen LogP contribution in [0.15, 0.2) is 0 Å². The van der Waals surface area contributed by atoms with Gasteiger partial charge in [0.25, 0.3) is 10.1 Å². The Morgan fingerprint density at radius 2 is 1.93 bits per heavy atom. The Labute approximate surface area is 91.3 Å². The molecule has 1 aliphatic rings. The summed E-state index contributed by atoms with van der Waals surface area (Å²) < 4.78 is 33.0. The van der Waals surface area contributed by atoms with Crippen molar-refractivity contribution in [1.29, 1.82) is 0 Å². The molecule has 0 aliphatic carbocycles. The van der Waals surface area contributed by atoms with Crippen molar-refractivity contribution in [3.8, 4) is 0 Å². The van der Waals surface area contributed by atoms with Crippen LogP contribution in [0.1, 0.15) is 0 Å². The summed E-state index contributed by atoms with van der Waals surface area (Å²) in [6.45, 7) is 4.31. The molecule has 2 N–H and O–H groups in total. The van der Waals surface area contributed by atoms with E-state index in [1.54, 1.807) is 7.05 Å². The monoisotopic (exact) mass is 240 g/mol. The van der Waals surface area contributed by atoms with Gasteiger partial charge in [-0.3, -0.25) is 4.55 Å². The first-order valence-corrected chi connectivity index (χ1v) is 6.42. The molecule has 92 valence electrons. The maximum Gasteiger partial charge on any atom is 0.266 e. The van der Waals surface area contributed by atoms with Crippen LogP contribution in [0.5, 0.6) is 0 Å². The Bertz CT molecular complexity index is 237. The fraction of sp³-hybridized carbons (Fsp3) is 1.00. The zero-order valence-electron chi connectivity index (χ0n) is 9.27. The van der Waals surface area contributed by atoms with Crippen LogP contribution in [0.2, 0.25) is 0 Å². The van der Waals surface area contributed by atoms with E-state index in [9.17, 15) is 8.42 Å². The van der Waals surface area contributed by atoms with Gasteiger partial charge in [0, 0.05) is 19.6 Å². The second kappa shape index (κ2) is 8.00.